The Morgan fingerprint density at radius 3 is 2.35 bits per heavy atom. The summed E-state index contributed by atoms with van der Waals surface area (Å²) < 4.78 is 5.04. The lowest BCUT2D eigenvalue weighted by molar-refractivity contribution is -0.121. The zero-order chi connectivity index (χ0) is 22.1. The molecule has 2 aliphatic rings. The molecule has 1 aliphatic heterocycles. The minimum absolute atomic E-state index is 0.169. The molecule has 1 aromatic heterocycles. The number of carbonyl (C=O) groups excluding carboxylic acids is 5. The first kappa shape index (κ1) is 20.7. The number of thiophene rings is 1. The fourth-order valence-corrected chi connectivity index (χ4v) is 5.05. The number of nitrogens with one attached hydrogen (secondary N) is 1. The Morgan fingerprint density at radius 2 is 1.71 bits per heavy atom. The van der Waals surface area contributed by atoms with E-state index in [2.05, 4.69) is 5.32 Å². The van der Waals surface area contributed by atoms with Gasteiger partial charge in [-0.3, -0.25) is 24.1 Å². The van der Waals surface area contributed by atoms with Crippen molar-refractivity contribution in [1.29, 1.82) is 0 Å². The topological polar surface area (TPSA) is 136 Å². The lowest BCUT2D eigenvalue weighted by Crippen LogP contribution is -2.28. The Bertz CT molecular complexity index is 1090. The number of esters is 1. The van der Waals surface area contributed by atoms with Gasteiger partial charge in [0.1, 0.15) is 5.00 Å². The molecule has 1 aliphatic carbocycles. The fourth-order valence-electron chi connectivity index (χ4n) is 3.74. The molecule has 10 heteroatoms. The number of carbonyl (C=O) groups is 5. The first-order chi connectivity index (χ1) is 14.8. The molecule has 3 N–H and O–H groups in total. The van der Waals surface area contributed by atoms with Gasteiger partial charge < -0.3 is 15.8 Å². The molecule has 0 radical (unpaired) electrons. The fraction of sp³-hybridized carbons (Fsp3) is 0.286. The van der Waals surface area contributed by atoms with Crippen LogP contribution in [-0.4, -0.2) is 36.2 Å². The second kappa shape index (κ2) is 8.31. The third-order valence-electron chi connectivity index (χ3n) is 5.17. The van der Waals surface area contributed by atoms with Crippen molar-refractivity contribution in [2.75, 3.05) is 16.8 Å². The van der Waals surface area contributed by atoms with E-state index in [0.717, 1.165) is 34.6 Å². The molecule has 0 saturated carbocycles. The number of benzene rings is 1. The molecule has 4 rings (SSSR count). The van der Waals surface area contributed by atoms with Crippen LogP contribution in [0.2, 0.25) is 0 Å². The largest absolute Gasteiger partial charge is 0.452 e. The van der Waals surface area contributed by atoms with Gasteiger partial charge in [-0.05, 0) is 49.1 Å². The third-order valence-corrected chi connectivity index (χ3v) is 6.37. The molecular formula is C21H19N3O6S. The second-order valence-electron chi connectivity index (χ2n) is 7.22. The Kier molecular flexibility index (Phi) is 5.55. The monoisotopic (exact) mass is 441 g/mol. The number of fused-ring (bicyclic) bond motifs is 1. The molecule has 0 spiro atoms. The van der Waals surface area contributed by atoms with Gasteiger partial charge in [-0.25, -0.2) is 4.79 Å². The molecule has 31 heavy (non-hydrogen) atoms. The smallest absolute Gasteiger partial charge is 0.338 e. The predicted octanol–water partition coefficient (Wildman–Crippen LogP) is 1.78. The highest BCUT2D eigenvalue weighted by Crippen LogP contribution is 2.38. The summed E-state index contributed by atoms with van der Waals surface area (Å²) in [4.78, 5) is 61.9. The van der Waals surface area contributed by atoms with Crippen LogP contribution < -0.4 is 16.0 Å². The van der Waals surface area contributed by atoms with Crippen LogP contribution >= 0.6 is 11.3 Å². The van der Waals surface area contributed by atoms with Crippen LogP contribution in [0.15, 0.2) is 24.3 Å². The summed E-state index contributed by atoms with van der Waals surface area (Å²) in [7, 11) is 0. The van der Waals surface area contributed by atoms with E-state index in [0.29, 0.717) is 16.3 Å². The summed E-state index contributed by atoms with van der Waals surface area (Å²) in [5.41, 5.74) is 7.24. The summed E-state index contributed by atoms with van der Waals surface area (Å²) in [6.45, 7) is -0.537. The van der Waals surface area contributed by atoms with Gasteiger partial charge in [0.15, 0.2) is 6.61 Å². The van der Waals surface area contributed by atoms with Crippen LogP contribution in [0, 0.1) is 0 Å². The van der Waals surface area contributed by atoms with Crippen molar-refractivity contribution in [1.82, 2.24) is 0 Å². The van der Waals surface area contributed by atoms with Crippen LogP contribution in [0.4, 0.5) is 10.7 Å². The maximum atomic E-state index is 12.2. The van der Waals surface area contributed by atoms with Gasteiger partial charge in [-0.1, -0.05) is 0 Å². The molecule has 2 heterocycles. The quantitative estimate of drug-likeness (QED) is 0.518. The van der Waals surface area contributed by atoms with Crippen molar-refractivity contribution >= 4 is 51.6 Å². The van der Waals surface area contributed by atoms with Gasteiger partial charge in [0.25, 0.3) is 11.8 Å². The number of hydrogen-bond donors (Lipinski definition) is 2. The van der Waals surface area contributed by atoms with Crippen molar-refractivity contribution in [3.63, 3.8) is 0 Å². The Morgan fingerprint density at radius 1 is 1.03 bits per heavy atom. The van der Waals surface area contributed by atoms with Gasteiger partial charge >= 0.3 is 5.97 Å². The number of rotatable bonds is 6. The highest BCUT2D eigenvalue weighted by atomic mass is 32.1. The zero-order valence-electron chi connectivity index (χ0n) is 16.4. The highest BCUT2D eigenvalue weighted by Gasteiger charge is 2.30. The third kappa shape index (κ3) is 4.06. The van der Waals surface area contributed by atoms with Crippen molar-refractivity contribution < 1.29 is 28.7 Å². The number of anilines is 2. The number of ether oxygens (including phenoxy) is 1. The molecule has 0 bridgehead atoms. The summed E-state index contributed by atoms with van der Waals surface area (Å²) in [5, 5.41) is 2.98. The van der Waals surface area contributed by atoms with E-state index in [1.807, 2.05) is 0 Å². The number of amides is 4. The van der Waals surface area contributed by atoms with E-state index in [9.17, 15) is 24.0 Å². The molecule has 0 unspecified atom stereocenters. The van der Waals surface area contributed by atoms with Crippen LogP contribution in [0.3, 0.4) is 0 Å². The molecular weight excluding hydrogens is 422 g/mol. The lowest BCUT2D eigenvalue weighted by atomic mass is 10.1. The number of primary amides is 1. The molecule has 0 atom stereocenters. The minimum Gasteiger partial charge on any atom is -0.452 e. The minimum atomic E-state index is -0.732. The standard InChI is InChI=1S/C21H19N3O6S/c22-19(28)18-13-2-1-3-14(13)31-20(18)23-15(25)10-30-21(29)11-4-6-12(7-5-11)24-16(26)8-9-17(24)27/h4-7H,1-3,8-10H2,(H2,22,28)(H,23,25). The van der Waals surface area contributed by atoms with Gasteiger partial charge in [-0.15, -0.1) is 11.3 Å². The molecule has 1 fully saturated rings. The number of nitrogens with zero attached hydrogens (tertiary/aromatic N) is 1. The first-order valence-corrected chi connectivity index (χ1v) is 10.5. The summed E-state index contributed by atoms with van der Waals surface area (Å²) in [5.74, 6) is -2.48. The van der Waals surface area contributed by atoms with Crippen LogP contribution in [0.5, 0.6) is 0 Å². The van der Waals surface area contributed by atoms with E-state index < -0.39 is 24.4 Å². The Balaban J connectivity index is 1.36. The number of nitrogens with two attached hydrogens (primary N) is 1. The Labute approximate surface area is 181 Å². The Hall–Kier alpha value is -3.53. The van der Waals surface area contributed by atoms with Crippen molar-refractivity contribution in [3.05, 3.63) is 45.8 Å². The van der Waals surface area contributed by atoms with E-state index in [1.54, 1.807) is 0 Å². The molecule has 2 aromatic rings. The van der Waals surface area contributed by atoms with E-state index >= 15 is 0 Å². The van der Waals surface area contributed by atoms with Gasteiger partial charge in [0, 0.05) is 17.7 Å². The summed E-state index contributed by atoms with van der Waals surface area (Å²) in [6, 6.07) is 5.79. The van der Waals surface area contributed by atoms with Crippen molar-refractivity contribution in [3.8, 4) is 0 Å². The van der Waals surface area contributed by atoms with Gasteiger partial charge in [0.2, 0.25) is 11.8 Å². The number of aryl methyl sites for hydroxylation is 1. The van der Waals surface area contributed by atoms with Crippen molar-refractivity contribution in [2.24, 2.45) is 5.73 Å². The van der Waals surface area contributed by atoms with Crippen LogP contribution in [0.1, 0.15) is 50.4 Å². The van der Waals surface area contributed by atoms with E-state index in [1.165, 1.54) is 35.6 Å². The van der Waals surface area contributed by atoms with E-state index in [-0.39, 0.29) is 30.2 Å². The SMILES string of the molecule is NC(=O)c1c(NC(=O)COC(=O)c2ccc(N3C(=O)CCC3=O)cc2)sc2c1CCC2. The molecule has 4 amide bonds. The van der Waals surface area contributed by atoms with Gasteiger partial charge in [-0.2, -0.15) is 0 Å². The summed E-state index contributed by atoms with van der Waals surface area (Å²) in [6.07, 6.45) is 2.88. The zero-order valence-corrected chi connectivity index (χ0v) is 17.3. The molecule has 1 saturated heterocycles. The average molecular weight is 441 g/mol. The normalized spacial score (nSPS) is 15.2. The number of hydrogen-bond acceptors (Lipinski definition) is 7. The maximum Gasteiger partial charge on any atom is 0.338 e. The first-order valence-electron chi connectivity index (χ1n) is 9.72. The van der Waals surface area contributed by atoms with Gasteiger partial charge in [0.05, 0.1) is 16.8 Å². The lowest BCUT2D eigenvalue weighted by Gasteiger charge is -2.14. The van der Waals surface area contributed by atoms with Crippen molar-refractivity contribution in [2.45, 2.75) is 32.1 Å². The highest BCUT2D eigenvalue weighted by molar-refractivity contribution is 7.17. The number of imide groups is 1. The van der Waals surface area contributed by atoms with Crippen LogP contribution in [0.25, 0.3) is 0 Å². The molecule has 1 aromatic carbocycles. The second-order valence-corrected chi connectivity index (χ2v) is 8.32. The molecule has 9 nitrogen and oxygen atoms in total. The maximum absolute atomic E-state index is 12.2. The molecule has 160 valence electrons. The predicted molar refractivity (Wildman–Crippen MR) is 112 cm³/mol. The summed E-state index contributed by atoms with van der Waals surface area (Å²) >= 11 is 1.32. The average Bonchev–Trinajstić information content (AvgIpc) is 3.40. The van der Waals surface area contributed by atoms with Crippen LogP contribution in [-0.2, 0) is 32.0 Å². The van der Waals surface area contributed by atoms with E-state index in [4.69, 9.17) is 10.5 Å².